The number of nitriles is 1. The van der Waals surface area contributed by atoms with Crippen molar-refractivity contribution in [3.63, 3.8) is 0 Å². The molecule has 0 N–H and O–H groups in total. The smallest absolute Gasteiger partial charge is 0.268 e. The lowest BCUT2D eigenvalue weighted by molar-refractivity contribution is 0.345. The number of thioether (sulfide) groups is 1. The minimum absolute atomic E-state index is 0.279. The van der Waals surface area contributed by atoms with E-state index in [4.69, 9.17) is 23.2 Å². The molecule has 0 atom stereocenters. The van der Waals surface area contributed by atoms with E-state index in [0.717, 1.165) is 18.0 Å². The average Bonchev–Trinajstić information content (AvgIpc) is 2.88. The Morgan fingerprint density at radius 2 is 1.95 bits per heavy atom. The zero-order valence-corrected chi connectivity index (χ0v) is 14.2. The number of oxime groups is 1. The Bertz CT molecular complexity index is 832. The van der Waals surface area contributed by atoms with Crippen LogP contribution in [-0.4, -0.2) is 19.7 Å². The second kappa shape index (κ2) is 6.75. The Hall–Kier alpha value is -1.46. The Balaban J connectivity index is 2.39. The number of nitrogens with zero attached hydrogens (tertiary/aromatic N) is 2. The van der Waals surface area contributed by atoms with Crippen molar-refractivity contribution in [1.82, 2.24) is 0 Å². The van der Waals surface area contributed by atoms with Crippen LogP contribution < -0.4 is 0 Å². The van der Waals surface area contributed by atoms with Gasteiger partial charge in [0.15, 0.2) is 0 Å². The fourth-order valence-corrected chi connectivity index (χ4v) is 3.26. The van der Waals surface area contributed by atoms with Crippen molar-refractivity contribution in [2.75, 3.05) is 6.26 Å². The Kier molecular flexibility index (Phi) is 5.19. The summed E-state index contributed by atoms with van der Waals surface area (Å²) in [5, 5.41) is 13.9. The lowest BCUT2D eigenvalue weighted by Gasteiger charge is -2.07. The third-order valence-corrected chi connectivity index (χ3v) is 4.38. The maximum absolute atomic E-state index is 10.9. The molecule has 1 aliphatic rings. The van der Waals surface area contributed by atoms with Gasteiger partial charge in [-0.05, 0) is 24.3 Å². The summed E-state index contributed by atoms with van der Waals surface area (Å²) < 4.78 is 26.2. The molecular formula is C13H8Cl2N2O3S2. The molecule has 0 fully saturated rings. The van der Waals surface area contributed by atoms with Crippen LogP contribution in [0.5, 0.6) is 0 Å². The molecular weight excluding hydrogens is 367 g/mol. The summed E-state index contributed by atoms with van der Waals surface area (Å²) in [6.45, 7) is 0. The van der Waals surface area contributed by atoms with Gasteiger partial charge in [-0.2, -0.15) is 13.7 Å². The molecule has 2 rings (SSSR count). The molecule has 0 saturated heterocycles. The average molecular weight is 375 g/mol. The predicted molar refractivity (Wildman–Crippen MR) is 89.1 cm³/mol. The molecule has 0 amide bonds. The number of halogens is 2. The second-order valence-electron chi connectivity index (χ2n) is 4.09. The highest BCUT2D eigenvalue weighted by Crippen LogP contribution is 2.39. The van der Waals surface area contributed by atoms with Gasteiger partial charge in [0.05, 0.1) is 21.9 Å². The van der Waals surface area contributed by atoms with Gasteiger partial charge < -0.3 is 0 Å². The summed E-state index contributed by atoms with van der Waals surface area (Å²) in [6.07, 6.45) is 4.04. The van der Waals surface area contributed by atoms with Crippen molar-refractivity contribution in [3.05, 3.63) is 50.9 Å². The second-order valence-corrected chi connectivity index (χ2v) is 7.53. The molecule has 0 bridgehead atoms. The highest BCUT2D eigenvalue weighted by molar-refractivity contribution is 8.18. The molecule has 0 spiro atoms. The third kappa shape index (κ3) is 4.05. The lowest BCUT2D eigenvalue weighted by Crippen LogP contribution is -1.98. The van der Waals surface area contributed by atoms with Crippen LogP contribution in [0, 0.1) is 11.3 Å². The van der Waals surface area contributed by atoms with E-state index in [1.807, 2.05) is 0 Å². The van der Waals surface area contributed by atoms with Crippen LogP contribution in [0.4, 0.5) is 0 Å². The zero-order chi connectivity index (χ0) is 16.3. The van der Waals surface area contributed by atoms with E-state index < -0.39 is 10.1 Å². The van der Waals surface area contributed by atoms with E-state index in [1.54, 1.807) is 24.3 Å². The van der Waals surface area contributed by atoms with E-state index >= 15 is 0 Å². The molecule has 0 unspecified atom stereocenters. The monoisotopic (exact) mass is 374 g/mol. The van der Waals surface area contributed by atoms with Crippen molar-refractivity contribution in [2.45, 2.75) is 0 Å². The van der Waals surface area contributed by atoms with Crippen LogP contribution >= 0.6 is 35.0 Å². The normalized spacial score (nSPS) is 18.4. The predicted octanol–water partition coefficient (Wildman–Crippen LogP) is 3.82. The highest BCUT2D eigenvalue weighted by atomic mass is 35.5. The van der Waals surface area contributed by atoms with Gasteiger partial charge in [0.1, 0.15) is 11.1 Å². The molecule has 1 aromatic rings. The largest absolute Gasteiger partial charge is 0.325 e. The fraction of sp³-hybridized carbons (Fsp3) is 0.0769. The van der Waals surface area contributed by atoms with E-state index in [0.29, 0.717) is 25.6 Å². The van der Waals surface area contributed by atoms with Crippen molar-refractivity contribution in [2.24, 2.45) is 5.16 Å². The SMILES string of the molecule is CS(=O)(=O)O/N=C1C=C/C(=C(\C#N)c2c(Cl)cccc2Cl)S\1. The van der Waals surface area contributed by atoms with Crippen LogP contribution in [0.15, 0.2) is 40.4 Å². The Morgan fingerprint density at radius 3 is 2.50 bits per heavy atom. The standard InChI is InChI=1S/C13H8Cl2N2O3S2/c1-22(18,19)20-17-12-6-5-11(21-12)8(7-16)13-9(14)3-2-4-10(13)15/h2-6H,1H3/b11-8-,17-12+. The minimum Gasteiger partial charge on any atom is -0.268 e. The fourth-order valence-electron chi connectivity index (χ4n) is 1.59. The lowest BCUT2D eigenvalue weighted by atomic mass is 10.1. The van der Waals surface area contributed by atoms with Gasteiger partial charge in [-0.1, -0.05) is 46.2 Å². The van der Waals surface area contributed by atoms with Gasteiger partial charge in [0, 0.05) is 10.5 Å². The van der Waals surface area contributed by atoms with Crippen LogP contribution in [0.1, 0.15) is 5.56 Å². The molecule has 0 saturated carbocycles. The molecule has 0 radical (unpaired) electrons. The summed E-state index contributed by atoms with van der Waals surface area (Å²) >= 11 is 13.3. The first-order valence-electron chi connectivity index (χ1n) is 5.73. The molecule has 1 aromatic carbocycles. The molecule has 5 nitrogen and oxygen atoms in total. The van der Waals surface area contributed by atoms with Gasteiger partial charge >= 0.3 is 10.1 Å². The first-order chi connectivity index (χ1) is 10.3. The summed E-state index contributed by atoms with van der Waals surface area (Å²) in [6, 6.07) is 7.00. The van der Waals surface area contributed by atoms with Crippen molar-refractivity contribution in [1.29, 1.82) is 5.26 Å². The first-order valence-corrected chi connectivity index (χ1v) is 9.12. The molecule has 22 heavy (non-hydrogen) atoms. The van der Waals surface area contributed by atoms with Crippen molar-refractivity contribution >= 4 is 55.7 Å². The van der Waals surface area contributed by atoms with E-state index in [9.17, 15) is 13.7 Å². The van der Waals surface area contributed by atoms with Gasteiger partial charge in [-0.15, -0.1) is 0 Å². The van der Waals surface area contributed by atoms with Crippen molar-refractivity contribution in [3.8, 4) is 6.07 Å². The Labute approximate surface area is 142 Å². The topological polar surface area (TPSA) is 79.5 Å². The maximum Gasteiger partial charge on any atom is 0.325 e. The highest BCUT2D eigenvalue weighted by Gasteiger charge is 2.19. The zero-order valence-electron chi connectivity index (χ0n) is 11.1. The minimum atomic E-state index is -3.68. The number of hydrogen-bond acceptors (Lipinski definition) is 6. The molecule has 114 valence electrons. The van der Waals surface area contributed by atoms with Gasteiger partial charge in [-0.25, -0.2) is 0 Å². The van der Waals surface area contributed by atoms with Gasteiger partial charge in [-0.3, -0.25) is 4.28 Å². The Morgan fingerprint density at radius 1 is 1.32 bits per heavy atom. The van der Waals surface area contributed by atoms with Gasteiger partial charge in [0.2, 0.25) is 0 Å². The summed E-state index contributed by atoms with van der Waals surface area (Å²) in [5.74, 6) is 0. The third-order valence-electron chi connectivity index (χ3n) is 2.43. The van der Waals surface area contributed by atoms with Crippen LogP contribution in [0.3, 0.4) is 0 Å². The molecule has 9 heteroatoms. The number of allylic oxidation sites excluding steroid dienone is 2. The van der Waals surface area contributed by atoms with Crippen LogP contribution in [-0.2, 0) is 14.4 Å². The number of rotatable bonds is 3. The summed E-state index contributed by atoms with van der Waals surface area (Å²) in [5.41, 5.74) is 0.701. The molecule has 0 aliphatic carbocycles. The molecule has 0 aromatic heterocycles. The van der Waals surface area contributed by atoms with Crippen molar-refractivity contribution < 1.29 is 12.7 Å². The first kappa shape index (κ1) is 16.9. The quantitative estimate of drug-likeness (QED) is 0.593. The molecule has 1 aliphatic heterocycles. The number of benzene rings is 1. The summed E-state index contributed by atoms with van der Waals surface area (Å²) in [4.78, 5) is 0.549. The maximum atomic E-state index is 10.9. The summed E-state index contributed by atoms with van der Waals surface area (Å²) in [7, 11) is -3.68. The van der Waals surface area contributed by atoms with E-state index in [-0.39, 0.29) is 5.57 Å². The van der Waals surface area contributed by atoms with E-state index in [2.05, 4.69) is 15.5 Å². The van der Waals surface area contributed by atoms with E-state index in [1.165, 1.54) is 6.08 Å². The van der Waals surface area contributed by atoms with Gasteiger partial charge in [0.25, 0.3) is 0 Å². The molecule has 1 heterocycles. The van der Waals surface area contributed by atoms with Crippen LogP contribution in [0.25, 0.3) is 5.57 Å². The number of hydrogen-bond donors (Lipinski definition) is 0. The van der Waals surface area contributed by atoms with Crippen LogP contribution in [0.2, 0.25) is 10.0 Å².